The van der Waals surface area contributed by atoms with E-state index in [0.29, 0.717) is 5.76 Å². The molecule has 112 valence electrons. The molecular formula is C17H20BrNO2. The zero-order valence-electron chi connectivity index (χ0n) is 12.4. The van der Waals surface area contributed by atoms with Crippen LogP contribution in [0.2, 0.25) is 0 Å². The summed E-state index contributed by atoms with van der Waals surface area (Å²) < 4.78 is 6.74. The number of amides is 1. The van der Waals surface area contributed by atoms with Gasteiger partial charge in [0.15, 0.2) is 5.76 Å². The summed E-state index contributed by atoms with van der Waals surface area (Å²) in [5, 5.41) is 4.12. The Morgan fingerprint density at radius 1 is 1.29 bits per heavy atom. The average Bonchev–Trinajstić information content (AvgIpc) is 2.79. The van der Waals surface area contributed by atoms with Crippen molar-refractivity contribution in [3.8, 4) is 0 Å². The number of furan rings is 1. The van der Waals surface area contributed by atoms with Gasteiger partial charge in [-0.15, -0.1) is 0 Å². The second-order valence-corrected chi connectivity index (χ2v) is 7.04. The minimum Gasteiger partial charge on any atom is -0.451 e. The van der Waals surface area contributed by atoms with Crippen LogP contribution >= 0.6 is 15.9 Å². The lowest BCUT2D eigenvalue weighted by atomic mass is 9.87. The maximum absolute atomic E-state index is 12.5. The van der Waals surface area contributed by atoms with Crippen molar-refractivity contribution < 1.29 is 9.21 Å². The van der Waals surface area contributed by atoms with Crippen molar-refractivity contribution in [1.29, 1.82) is 0 Å². The number of benzene rings is 1. The standard InChI is InChI=1S/C17H20BrNO2/c1-10-3-6-13(7-4-10)19-17(20)16-11(2)14-9-12(18)5-8-15(14)21-16/h5,8-10,13H,3-4,6-7H2,1-2H3,(H,19,20). The Morgan fingerprint density at radius 3 is 2.71 bits per heavy atom. The van der Waals surface area contributed by atoms with Crippen molar-refractivity contribution in [1.82, 2.24) is 5.32 Å². The van der Waals surface area contributed by atoms with Gasteiger partial charge >= 0.3 is 0 Å². The number of aryl methyl sites for hydroxylation is 1. The summed E-state index contributed by atoms with van der Waals surface area (Å²) in [6.45, 7) is 4.22. The Bertz CT molecular complexity index is 669. The molecule has 21 heavy (non-hydrogen) atoms. The number of halogens is 1. The van der Waals surface area contributed by atoms with E-state index in [1.807, 2.05) is 25.1 Å². The van der Waals surface area contributed by atoms with Crippen LogP contribution in [-0.2, 0) is 0 Å². The molecule has 0 spiro atoms. The average molecular weight is 350 g/mol. The van der Waals surface area contributed by atoms with Crippen LogP contribution < -0.4 is 5.32 Å². The summed E-state index contributed by atoms with van der Waals surface area (Å²) in [5.41, 5.74) is 1.67. The molecule has 3 rings (SSSR count). The number of carbonyl (C=O) groups excluding carboxylic acids is 1. The predicted molar refractivity (Wildman–Crippen MR) is 87.5 cm³/mol. The van der Waals surface area contributed by atoms with E-state index < -0.39 is 0 Å². The Hall–Kier alpha value is -1.29. The van der Waals surface area contributed by atoms with Crippen molar-refractivity contribution in [2.24, 2.45) is 5.92 Å². The summed E-state index contributed by atoms with van der Waals surface area (Å²) in [6.07, 6.45) is 4.52. The van der Waals surface area contributed by atoms with Gasteiger partial charge < -0.3 is 9.73 Å². The van der Waals surface area contributed by atoms with Gasteiger partial charge in [-0.1, -0.05) is 22.9 Å². The molecule has 1 aromatic carbocycles. The van der Waals surface area contributed by atoms with Crippen LogP contribution in [0.5, 0.6) is 0 Å². The first-order chi connectivity index (χ1) is 10.0. The number of nitrogens with one attached hydrogen (secondary N) is 1. The van der Waals surface area contributed by atoms with Crippen molar-refractivity contribution >= 4 is 32.8 Å². The van der Waals surface area contributed by atoms with Crippen LogP contribution in [-0.4, -0.2) is 11.9 Å². The van der Waals surface area contributed by atoms with E-state index in [0.717, 1.165) is 39.8 Å². The van der Waals surface area contributed by atoms with Gasteiger partial charge in [-0.3, -0.25) is 4.79 Å². The number of hydrogen-bond acceptors (Lipinski definition) is 2. The monoisotopic (exact) mass is 349 g/mol. The van der Waals surface area contributed by atoms with Crippen molar-refractivity contribution in [2.75, 3.05) is 0 Å². The first-order valence-electron chi connectivity index (χ1n) is 7.54. The van der Waals surface area contributed by atoms with Gasteiger partial charge in [0.25, 0.3) is 5.91 Å². The summed E-state index contributed by atoms with van der Waals surface area (Å²) >= 11 is 3.46. The first-order valence-corrected chi connectivity index (χ1v) is 8.33. The molecule has 1 heterocycles. The second-order valence-electron chi connectivity index (χ2n) is 6.13. The van der Waals surface area contributed by atoms with Gasteiger partial charge in [0.05, 0.1) is 0 Å². The highest BCUT2D eigenvalue weighted by atomic mass is 79.9. The Labute approximate surface area is 133 Å². The van der Waals surface area contributed by atoms with Crippen molar-refractivity contribution in [3.63, 3.8) is 0 Å². The third-order valence-electron chi connectivity index (χ3n) is 4.46. The molecule has 1 aromatic heterocycles. The summed E-state index contributed by atoms with van der Waals surface area (Å²) in [7, 11) is 0. The molecule has 0 unspecified atom stereocenters. The van der Waals surface area contributed by atoms with Crippen LogP contribution in [0.25, 0.3) is 11.0 Å². The van der Waals surface area contributed by atoms with Crippen LogP contribution in [0.1, 0.15) is 48.7 Å². The highest BCUT2D eigenvalue weighted by Gasteiger charge is 2.23. The lowest BCUT2D eigenvalue weighted by molar-refractivity contribution is 0.0896. The molecule has 0 aliphatic heterocycles. The molecule has 1 aliphatic rings. The quantitative estimate of drug-likeness (QED) is 0.844. The minimum absolute atomic E-state index is 0.0839. The number of rotatable bonds is 2. The molecule has 1 fully saturated rings. The lowest BCUT2D eigenvalue weighted by Crippen LogP contribution is -2.37. The predicted octanol–water partition coefficient (Wildman–Crippen LogP) is 4.81. The topological polar surface area (TPSA) is 42.2 Å². The fourth-order valence-electron chi connectivity index (χ4n) is 3.07. The van der Waals surface area contributed by atoms with E-state index in [4.69, 9.17) is 4.42 Å². The number of fused-ring (bicyclic) bond motifs is 1. The van der Waals surface area contributed by atoms with Gasteiger partial charge in [0.1, 0.15) is 5.58 Å². The number of carbonyl (C=O) groups is 1. The molecule has 2 aromatic rings. The summed E-state index contributed by atoms with van der Waals surface area (Å²) in [6, 6.07) is 6.10. The Morgan fingerprint density at radius 2 is 2.00 bits per heavy atom. The SMILES string of the molecule is Cc1c(C(=O)NC2CCC(C)CC2)oc2ccc(Br)cc12. The van der Waals surface area contributed by atoms with E-state index in [1.54, 1.807) is 0 Å². The third-order valence-corrected chi connectivity index (χ3v) is 4.95. The van der Waals surface area contributed by atoms with E-state index >= 15 is 0 Å². The van der Waals surface area contributed by atoms with Crippen LogP contribution in [0.15, 0.2) is 27.1 Å². The highest BCUT2D eigenvalue weighted by molar-refractivity contribution is 9.10. The normalized spacial score (nSPS) is 22.4. The fraction of sp³-hybridized carbons (Fsp3) is 0.471. The van der Waals surface area contributed by atoms with Crippen LogP contribution in [0.4, 0.5) is 0 Å². The van der Waals surface area contributed by atoms with Crippen molar-refractivity contribution in [2.45, 2.75) is 45.6 Å². The number of hydrogen-bond donors (Lipinski definition) is 1. The van der Waals surface area contributed by atoms with E-state index in [2.05, 4.69) is 28.2 Å². The van der Waals surface area contributed by atoms with E-state index in [-0.39, 0.29) is 11.9 Å². The van der Waals surface area contributed by atoms with Gasteiger partial charge in [0, 0.05) is 21.5 Å². The van der Waals surface area contributed by atoms with Gasteiger partial charge in [-0.05, 0) is 56.7 Å². The molecule has 0 radical (unpaired) electrons. The zero-order valence-corrected chi connectivity index (χ0v) is 14.0. The smallest absolute Gasteiger partial charge is 0.287 e. The summed E-state index contributed by atoms with van der Waals surface area (Å²) in [5.74, 6) is 1.14. The molecule has 0 atom stereocenters. The van der Waals surface area contributed by atoms with Gasteiger partial charge in [-0.2, -0.15) is 0 Å². The molecule has 1 N–H and O–H groups in total. The van der Waals surface area contributed by atoms with Gasteiger partial charge in [-0.25, -0.2) is 0 Å². The third kappa shape index (κ3) is 3.00. The maximum atomic E-state index is 12.5. The molecule has 1 saturated carbocycles. The molecule has 0 bridgehead atoms. The Kier molecular flexibility index (Phi) is 4.07. The largest absolute Gasteiger partial charge is 0.451 e. The van der Waals surface area contributed by atoms with Gasteiger partial charge in [0.2, 0.25) is 0 Å². The highest BCUT2D eigenvalue weighted by Crippen LogP contribution is 2.29. The first kappa shape index (κ1) is 14.6. The minimum atomic E-state index is -0.0839. The molecular weight excluding hydrogens is 330 g/mol. The molecule has 1 amide bonds. The molecule has 3 nitrogen and oxygen atoms in total. The zero-order chi connectivity index (χ0) is 15.0. The fourth-order valence-corrected chi connectivity index (χ4v) is 3.43. The van der Waals surface area contributed by atoms with E-state index in [1.165, 1.54) is 12.8 Å². The van der Waals surface area contributed by atoms with Crippen LogP contribution in [0, 0.1) is 12.8 Å². The Balaban J connectivity index is 1.80. The summed E-state index contributed by atoms with van der Waals surface area (Å²) in [4.78, 5) is 12.5. The maximum Gasteiger partial charge on any atom is 0.287 e. The lowest BCUT2D eigenvalue weighted by Gasteiger charge is -2.26. The second kappa shape index (κ2) is 5.84. The molecule has 0 saturated heterocycles. The van der Waals surface area contributed by atoms with E-state index in [9.17, 15) is 4.79 Å². The molecule has 4 heteroatoms. The molecule has 1 aliphatic carbocycles. The van der Waals surface area contributed by atoms with Crippen molar-refractivity contribution in [3.05, 3.63) is 34.0 Å². The van der Waals surface area contributed by atoms with Crippen LogP contribution in [0.3, 0.4) is 0 Å².